The molecular weight excluding hydrogens is 296 g/mol. The minimum absolute atomic E-state index is 0.152. The maximum Gasteiger partial charge on any atom is 0.353 e. The molecule has 0 saturated carbocycles. The lowest BCUT2D eigenvalue weighted by atomic mass is 10.1. The number of ether oxygens (including phenoxy) is 1. The quantitative estimate of drug-likeness (QED) is 0.841. The van der Waals surface area contributed by atoms with Crippen LogP contribution in [0.15, 0.2) is 16.6 Å². The third-order valence-corrected chi connectivity index (χ3v) is 3.38. The minimum Gasteiger partial charge on any atom is -0.495 e. The maximum atomic E-state index is 13.9. The van der Waals surface area contributed by atoms with Crippen molar-refractivity contribution in [3.63, 3.8) is 0 Å². The van der Waals surface area contributed by atoms with Crippen molar-refractivity contribution in [2.45, 2.75) is 12.8 Å². The van der Waals surface area contributed by atoms with Crippen LogP contribution in [-0.4, -0.2) is 19.6 Å². The molecule has 1 amide bonds. The van der Waals surface area contributed by atoms with Crippen molar-refractivity contribution >= 4 is 27.5 Å². The number of benzene rings is 1. The van der Waals surface area contributed by atoms with Crippen molar-refractivity contribution in [1.29, 1.82) is 0 Å². The molecule has 0 saturated heterocycles. The van der Waals surface area contributed by atoms with E-state index in [2.05, 4.69) is 15.9 Å². The van der Waals surface area contributed by atoms with Crippen molar-refractivity contribution in [1.82, 2.24) is 0 Å². The SMILES string of the molecule is CCN1C(=O)C(F)(F)c2c(Br)ccc(OC)c21. The van der Waals surface area contributed by atoms with Gasteiger partial charge in [-0.15, -0.1) is 0 Å². The zero-order valence-corrected chi connectivity index (χ0v) is 10.8. The maximum absolute atomic E-state index is 13.9. The second-order valence-electron chi connectivity index (χ2n) is 3.60. The molecule has 1 aliphatic heterocycles. The van der Waals surface area contributed by atoms with E-state index in [-0.39, 0.29) is 28.0 Å². The van der Waals surface area contributed by atoms with Crippen molar-refractivity contribution in [3.8, 4) is 5.75 Å². The molecular formula is C11H10BrF2NO2. The number of carbonyl (C=O) groups excluding carboxylic acids is 1. The third kappa shape index (κ3) is 1.54. The molecule has 0 aliphatic carbocycles. The number of hydrogen-bond donors (Lipinski definition) is 0. The Morgan fingerprint density at radius 3 is 2.65 bits per heavy atom. The van der Waals surface area contributed by atoms with Gasteiger partial charge in [-0.3, -0.25) is 4.79 Å². The van der Waals surface area contributed by atoms with E-state index in [1.54, 1.807) is 13.0 Å². The smallest absolute Gasteiger partial charge is 0.353 e. The van der Waals surface area contributed by atoms with E-state index in [0.717, 1.165) is 4.90 Å². The number of hydrogen-bond acceptors (Lipinski definition) is 2. The minimum atomic E-state index is -3.50. The standard InChI is InChI=1S/C11H10BrF2NO2/c1-3-15-9-7(17-2)5-4-6(12)8(9)11(13,14)10(15)16/h4-5H,3H2,1-2H3. The van der Waals surface area contributed by atoms with Gasteiger partial charge in [0.05, 0.1) is 18.4 Å². The van der Waals surface area contributed by atoms with Gasteiger partial charge in [-0.1, -0.05) is 15.9 Å². The number of carbonyl (C=O) groups is 1. The Labute approximate surface area is 105 Å². The summed E-state index contributed by atoms with van der Waals surface area (Å²) in [4.78, 5) is 12.7. The number of nitrogens with zero attached hydrogens (tertiary/aromatic N) is 1. The normalized spacial score (nSPS) is 17.2. The molecule has 6 heteroatoms. The summed E-state index contributed by atoms with van der Waals surface area (Å²) in [6.45, 7) is 1.82. The fraction of sp³-hybridized carbons (Fsp3) is 0.364. The zero-order chi connectivity index (χ0) is 12.8. The van der Waals surface area contributed by atoms with Crippen molar-refractivity contribution in [2.24, 2.45) is 0 Å². The Balaban J connectivity index is 2.77. The first kappa shape index (κ1) is 12.3. The predicted molar refractivity (Wildman–Crippen MR) is 62.6 cm³/mol. The molecule has 0 spiro atoms. The van der Waals surface area contributed by atoms with E-state index in [4.69, 9.17) is 4.74 Å². The van der Waals surface area contributed by atoms with Crippen LogP contribution in [0.4, 0.5) is 14.5 Å². The van der Waals surface area contributed by atoms with Gasteiger partial charge in [-0.05, 0) is 19.1 Å². The fourth-order valence-corrected chi connectivity index (χ4v) is 2.53. The van der Waals surface area contributed by atoms with E-state index in [9.17, 15) is 13.6 Å². The lowest BCUT2D eigenvalue weighted by molar-refractivity contribution is -0.141. The van der Waals surface area contributed by atoms with Gasteiger partial charge in [0.15, 0.2) is 0 Å². The van der Waals surface area contributed by atoms with Gasteiger partial charge in [0.2, 0.25) is 0 Å². The number of anilines is 1. The largest absolute Gasteiger partial charge is 0.495 e. The summed E-state index contributed by atoms with van der Waals surface area (Å²) < 4.78 is 33.0. The van der Waals surface area contributed by atoms with Gasteiger partial charge in [0.25, 0.3) is 0 Å². The average Bonchev–Trinajstić information content (AvgIpc) is 2.49. The van der Waals surface area contributed by atoms with E-state index in [1.807, 2.05) is 0 Å². The summed E-state index contributed by atoms with van der Waals surface area (Å²) in [5.74, 6) is -4.44. The Morgan fingerprint density at radius 1 is 1.47 bits per heavy atom. The second kappa shape index (κ2) is 3.94. The molecule has 0 atom stereocenters. The van der Waals surface area contributed by atoms with Gasteiger partial charge in [0, 0.05) is 11.0 Å². The lowest BCUT2D eigenvalue weighted by Crippen LogP contribution is -2.34. The lowest BCUT2D eigenvalue weighted by Gasteiger charge is -2.16. The highest BCUT2D eigenvalue weighted by atomic mass is 79.9. The molecule has 0 bridgehead atoms. The Kier molecular flexibility index (Phi) is 2.85. The van der Waals surface area contributed by atoms with E-state index < -0.39 is 11.8 Å². The Morgan fingerprint density at radius 2 is 2.12 bits per heavy atom. The molecule has 0 unspecified atom stereocenters. The molecule has 17 heavy (non-hydrogen) atoms. The van der Waals surface area contributed by atoms with Gasteiger partial charge < -0.3 is 9.64 Å². The number of fused-ring (bicyclic) bond motifs is 1. The topological polar surface area (TPSA) is 29.5 Å². The number of alkyl halides is 2. The first-order valence-corrected chi connectivity index (χ1v) is 5.81. The summed E-state index contributed by atoms with van der Waals surface area (Å²) in [6, 6.07) is 3.01. The van der Waals surface area contributed by atoms with Crippen molar-refractivity contribution in [3.05, 3.63) is 22.2 Å². The highest BCUT2D eigenvalue weighted by molar-refractivity contribution is 9.10. The van der Waals surface area contributed by atoms with Crippen LogP contribution in [0, 0.1) is 0 Å². The number of rotatable bonds is 2. The number of methoxy groups -OCH3 is 1. The van der Waals surface area contributed by atoms with Crippen LogP contribution in [0.25, 0.3) is 0 Å². The van der Waals surface area contributed by atoms with Gasteiger partial charge in [-0.25, -0.2) is 0 Å². The van der Waals surface area contributed by atoms with Crippen LogP contribution in [0.5, 0.6) is 5.75 Å². The molecule has 1 aromatic rings. The fourth-order valence-electron chi connectivity index (χ4n) is 1.96. The molecule has 92 valence electrons. The molecule has 0 radical (unpaired) electrons. The van der Waals surface area contributed by atoms with E-state index in [0.29, 0.717) is 0 Å². The van der Waals surface area contributed by atoms with Crippen LogP contribution in [-0.2, 0) is 10.7 Å². The summed E-state index contributed by atoms with van der Waals surface area (Å²) >= 11 is 3.06. The molecule has 1 aliphatic rings. The Hall–Kier alpha value is -1.17. The monoisotopic (exact) mass is 305 g/mol. The molecule has 0 aromatic heterocycles. The summed E-state index contributed by atoms with van der Waals surface area (Å²) in [7, 11) is 1.39. The first-order valence-electron chi connectivity index (χ1n) is 5.01. The van der Waals surface area contributed by atoms with Crippen LogP contribution in [0.1, 0.15) is 12.5 Å². The molecule has 3 nitrogen and oxygen atoms in total. The van der Waals surface area contributed by atoms with Crippen molar-refractivity contribution < 1.29 is 18.3 Å². The molecule has 2 rings (SSSR count). The average molecular weight is 306 g/mol. The van der Waals surface area contributed by atoms with Crippen LogP contribution < -0.4 is 9.64 Å². The molecule has 1 heterocycles. The first-order chi connectivity index (χ1) is 7.95. The van der Waals surface area contributed by atoms with Crippen LogP contribution in [0.3, 0.4) is 0 Å². The zero-order valence-electron chi connectivity index (χ0n) is 9.26. The number of amides is 1. The van der Waals surface area contributed by atoms with E-state index in [1.165, 1.54) is 13.2 Å². The number of likely N-dealkylation sites (N-methyl/N-ethyl adjacent to an activating group) is 1. The molecule has 0 fully saturated rings. The summed E-state index contributed by atoms with van der Waals surface area (Å²) in [6.07, 6.45) is 0. The van der Waals surface area contributed by atoms with Gasteiger partial charge >= 0.3 is 11.8 Å². The highest BCUT2D eigenvalue weighted by Crippen LogP contribution is 2.51. The van der Waals surface area contributed by atoms with E-state index >= 15 is 0 Å². The predicted octanol–water partition coefficient (Wildman–Crippen LogP) is 2.92. The highest BCUT2D eigenvalue weighted by Gasteiger charge is 2.54. The van der Waals surface area contributed by atoms with Crippen LogP contribution in [0.2, 0.25) is 0 Å². The third-order valence-electron chi connectivity index (χ3n) is 2.72. The van der Waals surface area contributed by atoms with Gasteiger partial charge in [0.1, 0.15) is 5.75 Å². The van der Waals surface area contributed by atoms with Crippen LogP contribution >= 0.6 is 15.9 Å². The summed E-state index contributed by atoms with van der Waals surface area (Å²) in [5, 5.41) is 0. The number of halogens is 3. The summed E-state index contributed by atoms with van der Waals surface area (Å²) in [5.41, 5.74) is -0.164. The van der Waals surface area contributed by atoms with Crippen molar-refractivity contribution in [2.75, 3.05) is 18.6 Å². The molecule has 0 N–H and O–H groups in total. The Bertz CT molecular complexity index is 491. The second-order valence-corrected chi connectivity index (χ2v) is 4.45. The van der Waals surface area contributed by atoms with Gasteiger partial charge in [-0.2, -0.15) is 8.78 Å². The molecule has 1 aromatic carbocycles.